The van der Waals surface area contributed by atoms with Crippen molar-refractivity contribution in [3.63, 3.8) is 0 Å². The zero-order valence-electron chi connectivity index (χ0n) is 19.1. The minimum absolute atomic E-state index is 0.379. The first-order chi connectivity index (χ1) is 15.8. The van der Waals surface area contributed by atoms with Gasteiger partial charge in [-0.2, -0.15) is 0 Å². The van der Waals surface area contributed by atoms with Crippen LogP contribution in [0.2, 0.25) is 0 Å². The van der Waals surface area contributed by atoms with E-state index in [1.54, 1.807) is 0 Å². The molecule has 3 heterocycles. The third kappa shape index (κ3) is 3.78. The molecular weight excluding hydrogens is 392 g/mol. The molecule has 1 aliphatic heterocycles. The molecule has 0 spiro atoms. The van der Waals surface area contributed by atoms with Crippen LogP contribution in [0.1, 0.15) is 68.0 Å². The van der Waals surface area contributed by atoms with Gasteiger partial charge in [0.05, 0.1) is 0 Å². The summed E-state index contributed by atoms with van der Waals surface area (Å²) < 4.78 is 2.66. The van der Waals surface area contributed by atoms with Crippen LogP contribution >= 0.6 is 0 Å². The molecule has 1 aromatic carbocycles. The highest BCUT2D eigenvalue weighted by molar-refractivity contribution is 5.85. The predicted molar refractivity (Wildman–Crippen MR) is 131 cm³/mol. The average molecular weight is 429 g/mol. The van der Waals surface area contributed by atoms with Gasteiger partial charge in [0, 0.05) is 47.5 Å². The van der Waals surface area contributed by atoms with E-state index >= 15 is 0 Å². The molecule has 168 valence electrons. The Kier molecular flexibility index (Phi) is 5.52. The molecule has 4 atom stereocenters. The van der Waals surface area contributed by atoms with Gasteiger partial charge in [0.15, 0.2) is 0 Å². The number of fused-ring (bicyclic) bond motifs is 3. The van der Waals surface area contributed by atoms with Gasteiger partial charge in [0.2, 0.25) is 0 Å². The van der Waals surface area contributed by atoms with E-state index in [0.717, 1.165) is 50.7 Å². The van der Waals surface area contributed by atoms with Gasteiger partial charge in [0.1, 0.15) is 0 Å². The lowest BCUT2D eigenvalue weighted by atomic mass is 9.88. The second-order valence-electron chi connectivity index (χ2n) is 10.6. The smallest absolute Gasteiger partial charge is 0.0486 e. The van der Waals surface area contributed by atoms with Gasteiger partial charge >= 0.3 is 0 Å². The first kappa shape index (κ1) is 20.4. The summed E-state index contributed by atoms with van der Waals surface area (Å²) in [6.45, 7) is 3.39. The van der Waals surface area contributed by atoms with Crippen molar-refractivity contribution in [1.82, 2.24) is 14.5 Å². The number of nitrogens with zero attached hydrogens (tertiary/aromatic N) is 3. The molecule has 3 aromatic rings. The quantitative estimate of drug-likeness (QED) is 0.576. The Morgan fingerprint density at radius 2 is 1.88 bits per heavy atom. The van der Waals surface area contributed by atoms with Crippen molar-refractivity contribution >= 4 is 10.9 Å². The number of aromatic nitrogens is 2. The molecule has 1 saturated heterocycles. The third-order valence-electron chi connectivity index (χ3n) is 8.66. The summed E-state index contributed by atoms with van der Waals surface area (Å²) in [5.74, 6) is 2.20. The van der Waals surface area contributed by atoms with E-state index < -0.39 is 0 Å². The fraction of sp³-hybridized carbons (Fsp3) is 0.536. The minimum atomic E-state index is 0.379. The van der Waals surface area contributed by atoms with Gasteiger partial charge in [-0.3, -0.25) is 4.98 Å². The van der Waals surface area contributed by atoms with Crippen LogP contribution in [0.4, 0.5) is 0 Å². The Bertz CT molecular complexity index is 1050. The number of hydrogen-bond donors (Lipinski definition) is 1. The van der Waals surface area contributed by atoms with Crippen LogP contribution in [0, 0.1) is 11.8 Å². The summed E-state index contributed by atoms with van der Waals surface area (Å²) in [5.41, 5.74) is 10.4. The molecule has 4 unspecified atom stereocenters. The molecule has 0 radical (unpaired) electrons. The van der Waals surface area contributed by atoms with Crippen LogP contribution in [0.3, 0.4) is 0 Å². The van der Waals surface area contributed by atoms with E-state index in [4.69, 9.17) is 5.73 Å². The first-order valence-electron chi connectivity index (χ1n) is 12.7. The van der Waals surface area contributed by atoms with E-state index in [-0.39, 0.29) is 0 Å². The number of para-hydroxylation sites is 1. The first-order valence-corrected chi connectivity index (χ1v) is 12.7. The number of hydrogen-bond acceptors (Lipinski definition) is 3. The van der Waals surface area contributed by atoms with Crippen molar-refractivity contribution in [2.75, 3.05) is 19.6 Å². The van der Waals surface area contributed by atoms with Crippen LogP contribution in [0.5, 0.6) is 0 Å². The lowest BCUT2D eigenvalue weighted by Gasteiger charge is -2.31. The highest BCUT2D eigenvalue weighted by Crippen LogP contribution is 2.52. The number of pyridine rings is 1. The molecule has 2 aromatic heterocycles. The second-order valence-corrected chi connectivity index (χ2v) is 10.6. The third-order valence-corrected chi connectivity index (χ3v) is 8.66. The average Bonchev–Trinajstić information content (AvgIpc) is 3.56. The van der Waals surface area contributed by atoms with Gasteiger partial charge in [-0.15, -0.1) is 0 Å². The van der Waals surface area contributed by atoms with Crippen molar-refractivity contribution in [1.29, 1.82) is 0 Å². The lowest BCUT2D eigenvalue weighted by molar-refractivity contribution is 0.208. The van der Waals surface area contributed by atoms with E-state index in [9.17, 15) is 0 Å². The molecular formula is C28H36N4. The summed E-state index contributed by atoms with van der Waals surface area (Å²) in [6.07, 6.45) is 15.6. The highest BCUT2D eigenvalue weighted by Gasteiger charge is 2.41. The number of likely N-dealkylation sites (tertiary alicyclic amines) is 1. The van der Waals surface area contributed by atoms with Crippen LogP contribution in [-0.4, -0.2) is 40.1 Å². The molecule has 0 amide bonds. The van der Waals surface area contributed by atoms with Gasteiger partial charge in [-0.25, -0.2) is 0 Å². The lowest BCUT2D eigenvalue weighted by Crippen LogP contribution is -2.40. The van der Waals surface area contributed by atoms with Crippen LogP contribution < -0.4 is 5.73 Å². The molecule has 4 heteroatoms. The standard InChI is InChI=1S/C28H36N4/c29-23-9-13-31(14-10-23)15-11-24(22-4-3-12-30-18-22)26-19-32(27-6-2-1-5-25(26)27)28-17-20-7-8-21(28)16-20/h1-6,12,18-21,23-24,28H,7-11,13-17,29H2. The van der Waals surface area contributed by atoms with Crippen LogP contribution in [0.15, 0.2) is 55.0 Å². The topological polar surface area (TPSA) is 47.1 Å². The molecule has 4 nitrogen and oxygen atoms in total. The predicted octanol–water partition coefficient (Wildman–Crippen LogP) is 5.34. The molecule has 2 saturated carbocycles. The fourth-order valence-corrected chi connectivity index (χ4v) is 6.91. The van der Waals surface area contributed by atoms with E-state index in [1.807, 2.05) is 6.20 Å². The molecule has 3 aliphatic rings. The van der Waals surface area contributed by atoms with Crippen molar-refractivity contribution in [3.8, 4) is 0 Å². The molecule has 6 rings (SSSR count). The van der Waals surface area contributed by atoms with Crippen molar-refractivity contribution in [2.45, 2.75) is 62.9 Å². The Morgan fingerprint density at radius 3 is 2.62 bits per heavy atom. The van der Waals surface area contributed by atoms with Crippen LogP contribution in [-0.2, 0) is 0 Å². The zero-order valence-corrected chi connectivity index (χ0v) is 19.1. The number of nitrogens with two attached hydrogens (primary N) is 1. The maximum Gasteiger partial charge on any atom is 0.0486 e. The largest absolute Gasteiger partial charge is 0.344 e. The Balaban J connectivity index is 1.35. The minimum Gasteiger partial charge on any atom is -0.344 e. The van der Waals surface area contributed by atoms with Crippen molar-refractivity contribution in [3.05, 3.63) is 66.1 Å². The number of piperidine rings is 1. The summed E-state index contributed by atoms with van der Waals surface area (Å²) >= 11 is 0. The zero-order chi connectivity index (χ0) is 21.5. The van der Waals surface area contributed by atoms with Gasteiger partial charge < -0.3 is 15.2 Å². The molecule has 2 aliphatic carbocycles. The van der Waals surface area contributed by atoms with Gasteiger partial charge in [-0.1, -0.05) is 30.7 Å². The Hall–Kier alpha value is -2.17. The maximum absolute atomic E-state index is 6.15. The molecule has 32 heavy (non-hydrogen) atoms. The van der Waals surface area contributed by atoms with Crippen molar-refractivity contribution in [2.24, 2.45) is 17.6 Å². The summed E-state index contributed by atoms with van der Waals surface area (Å²) in [4.78, 5) is 7.11. The van der Waals surface area contributed by atoms with Crippen molar-refractivity contribution < 1.29 is 0 Å². The van der Waals surface area contributed by atoms with E-state index in [0.29, 0.717) is 18.0 Å². The van der Waals surface area contributed by atoms with Gasteiger partial charge in [-0.05, 0) is 93.3 Å². The highest BCUT2D eigenvalue weighted by atomic mass is 15.1. The van der Waals surface area contributed by atoms with E-state index in [2.05, 4.69) is 63.2 Å². The SMILES string of the molecule is NC1CCN(CCC(c2cccnc2)c2cn(C3CC4CCC3C4)c3ccccc23)CC1. The fourth-order valence-electron chi connectivity index (χ4n) is 6.91. The maximum atomic E-state index is 6.15. The molecule has 2 bridgehead atoms. The second kappa shape index (κ2) is 8.64. The molecule has 3 fully saturated rings. The Morgan fingerprint density at radius 1 is 1.00 bits per heavy atom. The molecule has 2 N–H and O–H groups in total. The number of rotatable bonds is 6. The normalized spacial score (nSPS) is 27.3. The summed E-state index contributed by atoms with van der Waals surface area (Å²) in [6, 6.07) is 14.6. The number of benzene rings is 1. The van der Waals surface area contributed by atoms with Crippen LogP contribution in [0.25, 0.3) is 10.9 Å². The van der Waals surface area contributed by atoms with Gasteiger partial charge in [0.25, 0.3) is 0 Å². The summed E-state index contributed by atoms with van der Waals surface area (Å²) in [7, 11) is 0. The Labute approximate surface area is 191 Å². The van der Waals surface area contributed by atoms with E-state index in [1.165, 1.54) is 47.7 Å². The monoisotopic (exact) mass is 428 g/mol. The summed E-state index contributed by atoms with van der Waals surface area (Å²) in [5, 5.41) is 1.43.